The average molecular weight is 388 g/mol. The number of carbonyl (C=O) groups excluding carboxylic acids is 2. The van der Waals surface area contributed by atoms with E-state index in [-0.39, 0.29) is 23.9 Å². The molecule has 0 radical (unpaired) electrons. The van der Waals surface area contributed by atoms with E-state index in [0.29, 0.717) is 27.9 Å². The quantitative estimate of drug-likeness (QED) is 0.505. The molecule has 6 heteroatoms. The molecule has 144 valence electrons. The lowest BCUT2D eigenvalue weighted by Crippen LogP contribution is -2.18. The summed E-state index contributed by atoms with van der Waals surface area (Å²) in [4.78, 5) is 25.3. The van der Waals surface area contributed by atoms with E-state index in [2.05, 4.69) is 10.6 Å². The van der Waals surface area contributed by atoms with Crippen molar-refractivity contribution in [2.75, 3.05) is 10.6 Å². The zero-order valence-electron chi connectivity index (χ0n) is 15.3. The standard InChI is InChI=1S/C23H17FN2O3/c24-16-12-10-15(11-13-16)14-20(27)26-21-18-8-4-5-9-19(18)29-22(21)23(28)25-17-6-2-1-3-7-17/h1-13H,14H2,(H,25,28)(H,26,27). The van der Waals surface area contributed by atoms with E-state index in [4.69, 9.17) is 4.42 Å². The number of furan rings is 1. The van der Waals surface area contributed by atoms with Gasteiger partial charge in [-0.15, -0.1) is 0 Å². The molecule has 0 saturated heterocycles. The van der Waals surface area contributed by atoms with Gasteiger partial charge < -0.3 is 15.1 Å². The zero-order valence-corrected chi connectivity index (χ0v) is 15.3. The fraction of sp³-hybridized carbons (Fsp3) is 0.0435. The lowest BCUT2D eigenvalue weighted by molar-refractivity contribution is -0.115. The van der Waals surface area contributed by atoms with Crippen molar-refractivity contribution in [3.63, 3.8) is 0 Å². The first-order valence-electron chi connectivity index (χ1n) is 9.02. The Labute approximate surface area is 166 Å². The van der Waals surface area contributed by atoms with E-state index >= 15 is 0 Å². The van der Waals surface area contributed by atoms with Crippen LogP contribution in [0.4, 0.5) is 15.8 Å². The molecule has 0 spiro atoms. The van der Waals surface area contributed by atoms with Gasteiger partial charge in [0, 0.05) is 11.1 Å². The monoisotopic (exact) mass is 388 g/mol. The summed E-state index contributed by atoms with van der Waals surface area (Å²) in [5.74, 6) is -1.15. The van der Waals surface area contributed by atoms with Gasteiger partial charge in [0.1, 0.15) is 17.1 Å². The Kier molecular flexibility index (Phi) is 5.07. The third kappa shape index (κ3) is 4.16. The van der Waals surface area contributed by atoms with Gasteiger partial charge in [0.05, 0.1) is 6.42 Å². The molecule has 0 unspecified atom stereocenters. The van der Waals surface area contributed by atoms with E-state index < -0.39 is 5.91 Å². The van der Waals surface area contributed by atoms with Gasteiger partial charge in [-0.05, 0) is 42.0 Å². The van der Waals surface area contributed by atoms with Crippen LogP contribution in [-0.4, -0.2) is 11.8 Å². The lowest BCUT2D eigenvalue weighted by Gasteiger charge is -2.07. The molecular formula is C23H17FN2O3. The van der Waals surface area contributed by atoms with Crippen molar-refractivity contribution in [3.8, 4) is 0 Å². The number of halogens is 1. The molecule has 0 aliphatic heterocycles. The zero-order chi connectivity index (χ0) is 20.2. The topological polar surface area (TPSA) is 71.3 Å². The maximum absolute atomic E-state index is 13.1. The van der Waals surface area contributed by atoms with Gasteiger partial charge in [0.25, 0.3) is 5.91 Å². The van der Waals surface area contributed by atoms with Crippen molar-refractivity contribution in [1.29, 1.82) is 0 Å². The van der Waals surface area contributed by atoms with Crippen molar-refractivity contribution in [2.45, 2.75) is 6.42 Å². The minimum Gasteiger partial charge on any atom is -0.449 e. The summed E-state index contributed by atoms with van der Waals surface area (Å²) in [6, 6.07) is 21.7. The number of hydrogen-bond donors (Lipinski definition) is 2. The molecule has 1 heterocycles. The predicted molar refractivity (Wildman–Crippen MR) is 109 cm³/mol. The van der Waals surface area contributed by atoms with Gasteiger partial charge in [-0.2, -0.15) is 0 Å². The first-order chi connectivity index (χ1) is 14.1. The summed E-state index contributed by atoms with van der Waals surface area (Å²) in [6.07, 6.45) is 0.0412. The first kappa shape index (κ1) is 18.4. The molecule has 2 N–H and O–H groups in total. The fourth-order valence-corrected chi connectivity index (χ4v) is 3.01. The second-order valence-corrected chi connectivity index (χ2v) is 6.47. The van der Waals surface area contributed by atoms with Gasteiger partial charge in [-0.1, -0.05) is 42.5 Å². The van der Waals surface area contributed by atoms with E-state index in [0.717, 1.165) is 0 Å². The first-order valence-corrected chi connectivity index (χ1v) is 9.02. The summed E-state index contributed by atoms with van der Waals surface area (Å²) in [7, 11) is 0. The summed E-state index contributed by atoms with van der Waals surface area (Å²) in [5.41, 5.74) is 2.07. The molecule has 2 amide bonds. The number of para-hydroxylation sites is 2. The molecule has 0 aliphatic carbocycles. The van der Waals surface area contributed by atoms with Crippen LogP contribution in [0.15, 0.2) is 83.3 Å². The SMILES string of the molecule is O=C(Cc1ccc(F)cc1)Nc1c(C(=O)Nc2ccccc2)oc2ccccc12. The van der Waals surface area contributed by atoms with Crippen molar-refractivity contribution in [3.05, 3.63) is 96.0 Å². The number of benzene rings is 3. The van der Waals surface area contributed by atoms with E-state index in [1.807, 2.05) is 6.07 Å². The summed E-state index contributed by atoms with van der Waals surface area (Å²) in [6.45, 7) is 0. The third-order valence-electron chi connectivity index (χ3n) is 4.38. The Balaban J connectivity index is 1.61. The molecular weight excluding hydrogens is 371 g/mol. The highest BCUT2D eigenvalue weighted by Gasteiger charge is 2.22. The van der Waals surface area contributed by atoms with Gasteiger partial charge in [0.2, 0.25) is 11.7 Å². The highest BCUT2D eigenvalue weighted by Crippen LogP contribution is 2.31. The second-order valence-electron chi connectivity index (χ2n) is 6.47. The van der Waals surface area contributed by atoms with E-state index in [9.17, 15) is 14.0 Å². The van der Waals surface area contributed by atoms with Crippen LogP contribution in [-0.2, 0) is 11.2 Å². The normalized spacial score (nSPS) is 10.7. The Morgan fingerprint density at radius 3 is 2.28 bits per heavy atom. The molecule has 4 rings (SSSR count). The maximum atomic E-state index is 13.1. The number of nitrogens with one attached hydrogen (secondary N) is 2. The Hall–Kier alpha value is -3.93. The molecule has 1 aromatic heterocycles. The smallest absolute Gasteiger partial charge is 0.293 e. The minimum absolute atomic E-state index is 0.0162. The fourth-order valence-electron chi connectivity index (χ4n) is 3.01. The summed E-state index contributed by atoms with van der Waals surface area (Å²) in [5, 5.41) is 6.16. The minimum atomic E-state index is -0.468. The number of hydrogen-bond acceptors (Lipinski definition) is 3. The van der Waals surface area contributed by atoms with Crippen LogP contribution in [0.25, 0.3) is 11.0 Å². The molecule has 0 atom stereocenters. The Morgan fingerprint density at radius 1 is 0.828 bits per heavy atom. The molecule has 4 aromatic rings. The predicted octanol–water partition coefficient (Wildman–Crippen LogP) is 5.01. The van der Waals surface area contributed by atoms with Crippen LogP contribution in [0.2, 0.25) is 0 Å². The van der Waals surface area contributed by atoms with Crippen molar-refractivity contribution in [2.24, 2.45) is 0 Å². The van der Waals surface area contributed by atoms with E-state index in [1.54, 1.807) is 60.7 Å². The molecule has 0 saturated carbocycles. The number of anilines is 2. The number of carbonyl (C=O) groups is 2. The van der Waals surface area contributed by atoms with Gasteiger partial charge in [-0.3, -0.25) is 9.59 Å². The molecule has 0 bridgehead atoms. The molecule has 3 aromatic carbocycles. The lowest BCUT2D eigenvalue weighted by atomic mass is 10.1. The van der Waals surface area contributed by atoms with Crippen LogP contribution in [0, 0.1) is 5.82 Å². The third-order valence-corrected chi connectivity index (χ3v) is 4.38. The second kappa shape index (κ2) is 7.98. The van der Waals surface area contributed by atoms with Crippen LogP contribution in [0.5, 0.6) is 0 Å². The molecule has 0 fully saturated rings. The van der Waals surface area contributed by atoms with E-state index in [1.165, 1.54) is 12.1 Å². The van der Waals surface area contributed by atoms with Crippen LogP contribution < -0.4 is 10.6 Å². The number of amides is 2. The van der Waals surface area contributed by atoms with Crippen molar-refractivity contribution < 1.29 is 18.4 Å². The molecule has 5 nitrogen and oxygen atoms in total. The maximum Gasteiger partial charge on any atom is 0.293 e. The Morgan fingerprint density at radius 2 is 1.52 bits per heavy atom. The summed E-state index contributed by atoms with van der Waals surface area (Å²) >= 11 is 0. The van der Waals surface area contributed by atoms with Gasteiger partial charge >= 0.3 is 0 Å². The van der Waals surface area contributed by atoms with Crippen molar-refractivity contribution in [1.82, 2.24) is 0 Å². The molecule has 0 aliphatic rings. The highest BCUT2D eigenvalue weighted by molar-refractivity contribution is 6.14. The van der Waals surface area contributed by atoms with Gasteiger partial charge in [-0.25, -0.2) is 4.39 Å². The van der Waals surface area contributed by atoms with Crippen LogP contribution >= 0.6 is 0 Å². The van der Waals surface area contributed by atoms with Crippen LogP contribution in [0.3, 0.4) is 0 Å². The van der Waals surface area contributed by atoms with Crippen molar-refractivity contribution >= 4 is 34.2 Å². The van der Waals surface area contributed by atoms with Crippen LogP contribution in [0.1, 0.15) is 16.1 Å². The average Bonchev–Trinajstić information content (AvgIpc) is 3.09. The summed E-state index contributed by atoms with van der Waals surface area (Å²) < 4.78 is 18.8. The Bertz CT molecular complexity index is 1170. The largest absolute Gasteiger partial charge is 0.449 e. The van der Waals surface area contributed by atoms with Gasteiger partial charge in [0.15, 0.2) is 0 Å². The molecule has 29 heavy (non-hydrogen) atoms. The highest BCUT2D eigenvalue weighted by atomic mass is 19.1. The number of fused-ring (bicyclic) bond motifs is 1. The number of rotatable bonds is 5.